The Labute approximate surface area is 140 Å². The van der Waals surface area contributed by atoms with Gasteiger partial charge in [0.25, 0.3) is 0 Å². The SMILES string of the molecule is CC1(C)CCC[C@]2(C)[C@@H](C[C@H](O)c3ccoc3)[C@](C)(O)CC[C@@H]12. The van der Waals surface area contributed by atoms with Gasteiger partial charge < -0.3 is 14.6 Å². The number of fused-ring (bicyclic) bond motifs is 1. The van der Waals surface area contributed by atoms with Gasteiger partial charge in [-0.25, -0.2) is 0 Å². The molecule has 0 saturated heterocycles. The highest BCUT2D eigenvalue weighted by atomic mass is 16.3. The molecule has 0 aliphatic heterocycles. The first-order chi connectivity index (χ1) is 10.7. The summed E-state index contributed by atoms with van der Waals surface area (Å²) in [5.74, 6) is 0.726. The van der Waals surface area contributed by atoms with E-state index in [0.29, 0.717) is 17.8 Å². The molecule has 5 atom stereocenters. The average Bonchev–Trinajstić information content (AvgIpc) is 2.95. The van der Waals surface area contributed by atoms with Gasteiger partial charge in [-0.1, -0.05) is 27.2 Å². The third-order valence-electron chi connectivity index (χ3n) is 7.15. The number of furan rings is 1. The molecule has 2 saturated carbocycles. The van der Waals surface area contributed by atoms with E-state index in [1.54, 1.807) is 12.5 Å². The number of hydrogen-bond acceptors (Lipinski definition) is 3. The van der Waals surface area contributed by atoms with Crippen molar-refractivity contribution in [1.29, 1.82) is 0 Å². The largest absolute Gasteiger partial charge is 0.472 e. The summed E-state index contributed by atoms with van der Waals surface area (Å²) < 4.78 is 5.12. The molecule has 3 nitrogen and oxygen atoms in total. The highest BCUT2D eigenvalue weighted by Crippen LogP contribution is 2.63. The van der Waals surface area contributed by atoms with E-state index in [0.717, 1.165) is 24.8 Å². The maximum absolute atomic E-state index is 11.1. The summed E-state index contributed by atoms with van der Waals surface area (Å²) in [6.45, 7) is 9.11. The summed E-state index contributed by atoms with van der Waals surface area (Å²) in [7, 11) is 0. The van der Waals surface area contributed by atoms with Crippen LogP contribution in [0.25, 0.3) is 0 Å². The van der Waals surface area contributed by atoms with Crippen LogP contribution in [0.1, 0.15) is 77.9 Å². The zero-order chi connectivity index (χ0) is 16.9. The van der Waals surface area contributed by atoms with Crippen molar-refractivity contribution in [3.8, 4) is 0 Å². The summed E-state index contributed by atoms with van der Waals surface area (Å²) in [5, 5.41) is 21.8. The molecule has 2 aliphatic rings. The van der Waals surface area contributed by atoms with E-state index in [4.69, 9.17) is 4.42 Å². The van der Waals surface area contributed by atoms with Gasteiger partial charge in [0, 0.05) is 5.56 Å². The Kier molecular flexibility index (Phi) is 4.17. The van der Waals surface area contributed by atoms with Gasteiger partial charge in [-0.3, -0.25) is 0 Å². The standard InChI is InChI=1S/C20H32O3/c1-18(2)8-5-9-19(3)16(18)6-10-20(4,22)17(19)12-15(21)14-7-11-23-13-14/h7,11,13,15-17,21-22H,5-6,8-10,12H2,1-4H3/t15-,16-,17+,19-,20+/m0/s1. The smallest absolute Gasteiger partial charge is 0.0960 e. The lowest BCUT2D eigenvalue weighted by Gasteiger charge is -2.61. The van der Waals surface area contributed by atoms with Gasteiger partial charge >= 0.3 is 0 Å². The van der Waals surface area contributed by atoms with E-state index < -0.39 is 11.7 Å². The van der Waals surface area contributed by atoms with Gasteiger partial charge in [-0.05, 0) is 67.8 Å². The molecule has 2 N–H and O–H groups in total. The molecule has 23 heavy (non-hydrogen) atoms. The highest BCUT2D eigenvalue weighted by Gasteiger charge is 2.58. The molecule has 0 aromatic carbocycles. The maximum atomic E-state index is 11.1. The Morgan fingerprint density at radius 1 is 1.22 bits per heavy atom. The molecule has 1 aromatic heterocycles. The Balaban J connectivity index is 1.90. The molecule has 2 aliphatic carbocycles. The molecule has 3 rings (SSSR count). The van der Waals surface area contributed by atoms with E-state index >= 15 is 0 Å². The van der Waals surface area contributed by atoms with Crippen LogP contribution in [0.15, 0.2) is 23.0 Å². The monoisotopic (exact) mass is 320 g/mol. The normalized spacial score (nSPS) is 41.3. The van der Waals surface area contributed by atoms with Crippen LogP contribution in [0, 0.1) is 22.7 Å². The van der Waals surface area contributed by atoms with Crippen LogP contribution in [0.2, 0.25) is 0 Å². The second-order valence-corrected chi connectivity index (χ2v) is 9.16. The van der Waals surface area contributed by atoms with Crippen molar-refractivity contribution >= 4 is 0 Å². The molecular weight excluding hydrogens is 288 g/mol. The Morgan fingerprint density at radius 3 is 2.61 bits per heavy atom. The van der Waals surface area contributed by atoms with Crippen molar-refractivity contribution in [2.45, 2.75) is 77.9 Å². The zero-order valence-electron chi connectivity index (χ0n) is 15.0. The summed E-state index contributed by atoms with van der Waals surface area (Å²) in [6, 6.07) is 1.83. The summed E-state index contributed by atoms with van der Waals surface area (Å²) in [6.07, 6.45) is 8.83. The van der Waals surface area contributed by atoms with Gasteiger partial charge in [0.15, 0.2) is 0 Å². The van der Waals surface area contributed by atoms with Crippen molar-refractivity contribution in [3.63, 3.8) is 0 Å². The van der Waals surface area contributed by atoms with Gasteiger partial charge in [0.05, 0.1) is 24.2 Å². The minimum absolute atomic E-state index is 0.0915. The van der Waals surface area contributed by atoms with E-state index in [-0.39, 0.29) is 11.3 Å². The van der Waals surface area contributed by atoms with Crippen molar-refractivity contribution in [2.75, 3.05) is 0 Å². The fraction of sp³-hybridized carbons (Fsp3) is 0.800. The Hall–Kier alpha value is -0.800. The zero-order valence-corrected chi connectivity index (χ0v) is 15.0. The lowest BCUT2D eigenvalue weighted by atomic mass is 9.45. The predicted molar refractivity (Wildman–Crippen MR) is 90.9 cm³/mol. The molecule has 3 heteroatoms. The summed E-state index contributed by atoms with van der Waals surface area (Å²) in [5.41, 5.74) is 0.529. The lowest BCUT2D eigenvalue weighted by molar-refractivity contribution is -0.176. The molecule has 0 spiro atoms. The van der Waals surface area contributed by atoms with Crippen LogP contribution in [0.3, 0.4) is 0 Å². The van der Waals surface area contributed by atoms with Crippen LogP contribution in [-0.2, 0) is 0 Å². The molecular formula is C20H32O3. The van der Waals surface area contributed by atoms with E-state index in [1.807, 2.05) is 13.0 Å². The highest BCUT2D eigenvalue weighted by molar-refractivity contribution is 5.13. The number of aliphatic hydroxyl groups is 2. The minimum Gasteiger partial charge on any atom is -0.472 e. The van der Waals surface area contributed by atoms with Crippen molar-refractivity contribution in [3.05, 3.63) is 24.2 Å². The van der Waals surface area contributed by atoms with Crippen LogP contribution >= 0.6 is 0 Å². The minimum atomic E-state index is -0.705. The van der Waals surface area contributed by atoms with Gasteiger partial charge in [0.1, 0.15) is 0 Å². The van der Waals surface area contributed by atoms with Gasteiger partial charge in [-0.15, -0.1) is 0 Å². The molecule has 0 bridgehead atoms. The molecule has 2 fully saturated rings. The fourth-order valence-electron chi connectivity index (χ4n) is 5.97. The topological polar surface area (TPSA) is 53.6 Å². The van der Waals surface area contributed by atoms with E-state index in [2.05, 4.69) is 20.8 Å². The average molecular weight is 320 g/mol. The van der Waals surface area contributed by atoms with Gasteiger partial charge in [-0.2, -0.15) is 0 Å². The number of hydrogen-bond donors (Lipinski definition) is 2. The van der Waals surface area contributed by atoms with Crippen molar-refractivity contribution < 1.29 is 14.6 Å². The lowest BCUT2D eigenvalue weighted by Crippen LogP contribution is -2.57. The van der Waals surface area contributed by atoms with Crippen LogP contribution in [0.4, 0.5) is 0 Å². The first-order valence-corrected chi connectivity index (χ1v) is 9.09. The Morgan fingerprint density at radius 2 is 1.96 bits per heavy atom. The third-order valence-corrected chi connectivity index (χ3v) is 7.15. The van der Waals surface area contributed by atoms with Crippen LogP contribution in [0.5, 0.6) is 0 Å². The van der Waals surface area contributed by atoms with E-state index in [9.17, 15) is 10.2 Å². The molecule has 130 valence electrons. The first-order valence-electron chi connectivity index (χ1n) is 9.09. The molecule has 1 heterocycles. The Bertz CT molecular complexity index is 531. The second-order valence-electron chi connectivity index (χ2n) is 9.16. The summed E-state index contributed by atoms with van der Waals surface area (Å²) in [4.78, 5) is 0. The van der Waals surface area contributed by atoms with Gasteiger partial charge in [0.2, 0.25) is 0 Å². The predicted octanol–water partition coefficient (Wildman–Crippen LogP) is 4.70. The van der Waals surface area contributed by atoms with Crippen molar-refractivity contribution in [1.82, 2.24) is 0 Å². The fourth-order valence-corrected chi connectivity index (χ4v) is 5.97. The maximum Gasteiger partial charge on any atom is 0.0960 e. The van der Waals surface area contributed by atoms with E-state index in [1.165, 1.54) is 12.8 Å². The van der Waals surface area contributed by atoms with Crippen LogP contribution in [-0.4, -0.2) is 15.8 Å². The first kappa shape index (κ1) is 17.0. The molecule has 0 radical (unpaired) electrons. The quantitative estimate of drug-likeness (QED) is 0.849. The number of aliphatic hydroxyl groups excluding tert-OH is 1. The third kappa shape index (κ3) is 2.87. The second kappa shape index (κ2) is 5.63. The van der Waals surface area contributed by atoms with Crippen LogP contribution < -0.4 is 0 Å². The molecule has 0 amide bonds. The van der Waals surface area contributed by atoms with Crippen molar-refractivity contribution in [2.24, 2.45) is 22.7 Å². The summed E-state index contributed by atoms with van der Waals surface area (Å²) >= 11 is 0. The number of rotatable bonds is 3. The molecule has 0 unspecified atom stereocenters. The molecule has 1 aromatic rings.